The molecular weight excluding hydrogens is 459 g/mol. The summed E-state index contributed by atoms with van der Waals surface area (Å²) < 4.78 is 14.5. The van der Waals surface area contributed by atoms with Crippen molar-refractivity contribution in [2.45, 2.75) is 39.5 Å². The molecule has 0 unspecified atom stereocenters. The van der Waals surface area contributed by atoms with E-state index in [1.807, 2.05) is 0 Å². The fourth-order valence-corrected chi connectivity index (χ4v) is 2.90. The van der Waals surface area contributed by atoms with Crippen molar-refractivity contribution in [2.75, 3.05) is 85.5 Å². The van der Waals surface area contributed by atoms with Gasteiger partial charge in [-0.25, -0.2) is 4.57 Å². The van der Waals surface area contributed by atoms with Gasteiger partial charge in [0.2, 0.25) is 0 Å². The number of hydrogen-bond acceptors (Lipinski definition) is 10. The number of rotatable bonds is 19. The van der Waals surface area contributed by atoms with Crippen molar-refractivity contribution >= 4 is 7.82 Å². The molecule has 0 saturated carbocycles. The first-order valence-electron chi connectivity index (χ1n) is 11.4. The molecular formula is C20H49N2O10P. The highest BCUT2D eigenvalue weighted by Crippen LogP contribution is 2.35. The summed E-state index contributed by atoms with van der Waals surface area (Å²) in [6.45, 7) is 7.98. The molecule has 0 aromatic rings. The van der Waals surface area contributed by atoms with Gasteiger partial charge in [-0.2, -0.15) is 0 Å². The number of aliphatic hydroxyl groups is 6. The van der Waals surface area contributed by atoms with Crippen LogP contribution in [-0.4, -0.2) is 136 Å². The van der Waals surface area contributed by atoms with Crippen LogP contribution in [0.25, 0.3) is 0 Å². The van der Waals surface area contributed by atoms with Crippen molar-refractivity contribution in [2.24, 2.45) is 5.92 Å². The Labute approximate surface area is 198 Å². The van der Waals surface area contributed by atoms with Gasteiger partial charge in [0.05, 0.1) is 46.2 Å². The predicted octanol–water partition coefficient (Wildman–Crippen LogP) is -1.16. The molecule has 8 N–H and O–H groups in total. The van der Waals surface area contributed by atoms with Gasteiger partial charge in [-0.3, -0.25) is 14.3 Å². The molecule has 0 fully saturated rings. The lowest BCUT2D eigenvalue weighted by molar-refractivity contribution is 0.136. The Balaban J connectivity index is -0.000000415. The van der Waals surface area contributed by atoms with E-state index in [0.29, 0.717) is 45.2 Å². The maximum atomic E-state index is 10.2. The van der Waals surface area contributed by atoms with E-state index in [-0.39, 0.29) is 46.2 Å². The van der Waals surface area contributed by atoms with Crippen LogP contribution in [0.3, 0.4) is 0 Å². The Kier molecular flexibility index (Phi) is 31.7. The molecule has 0 heterocycles. The minimum absolute atomic E-state index is 0.0694. The van der Waals surface area contributed by atoms with Crippen molar-refractivity contribution in [1.82, 2.24) is 9.80 Å². The second-order valence-corrected chi connectivity index (χ2v) is 8.83. The smallest absolute Gasteiger partial charge is 0.395 e. The first-order chi connectivity index (χ1) is 15.6. The molecule has 0 spiro atoms. The molecule has 13 heteroatoms. The molecule has 0 atom stereocenters. The third kappa shape index (κ3) is 36.5. The summed E-state index contributed by atoms with van der Waals surface area (Å²) in [4.78, 5) is 20.3. The van der Waals surface area contributed by atoms with Gasteiger partial charge in [0.25, 0.3) is 0 Å². The van der Waals surface area contributed by atoms with Crippen LogP contribution < -0.4 is 0 Å². The van der Waals surface area contributed by atoms with E-state index >= 15 is 0 Å². The molecule has 204 valence electrons. The molecule has 0 rings (SSSR count). The van der Waals surface area contributed by atoms with E-state index in [2.05, 4.69) is 18.4 Å². The third-order valence-corrected chi connectivity index (χ3v) is 4.70. The largest absolute Gasteiger partial charge is 0.469 e. The van der Waals surface area contributed by atoms with E-state index < -0.39 is 7.82 Å². The second-order valence-electron chi connectivity index (χ2n) is 7.59. The summed E-state index contributed by atoms with van der Waals surface area (Å²) in [5.41, 5.74) is 0. The summed E-state index contributed by atoms with van der Waals surface area (Å²) in [6.07, 6.45) is 3.95. The lowest BCUT2D eigenvalue weighted by Crippen LogP contribution is -2.32. The third-order valence-electron chi connectivity index (χ3n) is 4.18. The Morgan fingerprint density at radius 1 is 0.636 bits per heavy atom. The maximum Gasteiger partial charge on any atom is 0.469 e. The Morgan fingerprint density at radius 2 is 0.970 bits per heavy atom. The zero-order chi connectivity index (χ0) is 26.0. The van der Waals surface area contributed by atoms with Crippen LogP contribution in [0.2, 0.25) is 0 Å². The lowest BCUT2D eigenvalue weighted by Gasteiger charge is -2.17. The van der Waals surface area contributed by atoms with Gasteiger partial charge in [-0.1, -0.05) is 33.1 Å². The van der Waals surface area contributed by atoms with Crippen LogP contribution >= 0.6 is 7.82 Å². The number of nitrogens with zero attached hydrogens (tertiary/aromatic N) is 2. The van der Waals surface area contributed by atoms with E-state index in [1.165, 1.54) is 0 Å². The van der Waals surface area contributed by atoms with Gasteiger partial charge in [0, 0.05) is 39.3 Å². The van der Waals surface area contributed by atoms with Crippen LogP contribution in [0.5, 0.6) is 0 Å². The summed E-state index contributed by atoms with van der Waals surface area (Å²) in [6, 6.07) is 0. The standard InChI is InChI=1S/C8H19O4P.2C6H15NO3/c1-8(2)6-4-3-5-7-12-13(9,10)11;2*8-4-1-7(2-5-9)3-6-10/h8H,3-7H2,1-2H3,(H2,9,10,11);2*8-10H,1-6H2. The zero-order valence-electron chi connectivity index (χ0n) is 20.3. The Bertz CT molecular complexity index is 370. The topological polar surface area (TPSA) is 195 Å². The quantitative estimate of drug-likeness (QED) is 0.0771. The fourth-order valence-electron chi connectivity index (χ4n) is 2.53. The van der Waals surface area contributed by atoms with Gasteiger partial charge in [0.1, 0.15) is 0 Å². The van der Waals surface area contributed by atoms with Crippen LogP contribution in [0.15, 0.2) is 0 Å². The van der Waals surface area contributed by atoms with Gasteiger partial charge < -0.3 is 40.4 Å². The number of aliphatic hydroxyl groups excluding tert-OH is 6. The number of phosphoric ester groups is 1. The SMILES string of the molecule is CC(C)CCCCCOP(=O)(O)O.OCCN(CCO)CCO.OCCN(CCO)CCO. The molecule has 33 heavy (non-hydrogen) atoms. The molecule has 0 radical (unpaired) electrons. The van der Waals surface area contributed by atoms with Gasteiger partial charge in [-0.05, 0) is 12.3 Å². The first kappa shape index (κ1) is 37.3. The van der Waals surface area contributed by atoms with E-state index in [4.69, 9.17) is 40.4 Å². The molecule has 0 aromatic heterocycles. The molecule has 0 amide bonds. The van der Waals surface area contributed by atoms with E-state index in [0.717, 1.165) is 25.7 Å². The van der Waals surface area contributed by atoms with Crippen molar-refractivity contribution in [3.8, 4) is 0 Å². The van der Waals surface area contributed by atoms with Crippen LogP contribution in [0.1, 0.15) is 39.5 Å². The summed E-state index contributed by atoms with van der Waals surface area (Å²) in [5, 5.41) is 50.9. The monoisotopic (exact) mass is 508 g/mol. The van der Waals surface area contributed by atoms with Gasteiger partial charge >= 0.3 is 7.82 Å². The second kappa shape index (κ2) is 28.0. The highest BCUT2D eigenvalue weighted by molar-refractivity contribution is 7.46. The molecule has 0 aromatic carbocycles. The molecule has 0 bridgehead atoms. The van der Waals surface area contributed by atoms with Crippen LogP contribution in [0.4, 0.5) is 0 Å². The zero-order valence-corrected chi connectivity index (χ0v) is 21.2. The molecule has 0 aliphatic heterocycles. The minimum atomic E-state index is -4.23. The van der Waals surface area contributed by atoms with Crippen molar-refractivity contribution in [1.29, 1.82) is 0 Å². The summed E-state index contributed by atoms with van der Waals surface area (Å²) in [7, 11) is -4.23. The van der Waals surface area contributed by atoms with Crippen molar-refractivity contribution in [3.05, 3.63) is 0 Å². The molecule has 12 nitrogen and oxygen atoms in total. The Hall–Kier alpha value is -0.210. The average Bonchev–Trinajstić information content (AvgIpc) is 2.72. The van der Waals surface area contributed by atoms with Gasteiger partial charge in [0.15, 0.2) is 0 Å². The minimum Gasteiger partial charge on any atom is -0.395 e. The van der Waals surface area contributed by atoms with Crippen molar-refractivity contribution in [3.63, 3.8) is 0 Å². The number of hydrogen-bond donors (Lipinski definition) is 8. The maximum absolute atomic E-state index is 10.2. The first-order valence-corrected chi connectivity index (χ1v) is 12.9. The molecule has 0 saturated heterocycles. The summed E-state index contributed by atoms with van der Waals surface area (Å²) in [5.74, 6) is 0.697. The lowest BCUT2D eigenvalue weighted by atomic mass is 10.1. The molecule has 0 aliphatic carbocycles. The van der Waals surface area contributed by atoms with E-state index in [1.54, 1.807) is 9.80 Å². The fraction of sp³-hybridized carbons (Fsp3) is 1.00. The predicted molar refractivity (Wildman–Crippen MR) is 127 cm³/mol. The molecule has 0 aliphatic rings. The average molecular weight is 509 g/mol. The van der Waals surface area contributed by atoms with Crippen molar-refractivity contribution < 1.29 is 49.5 Å². The normalized spacial score (nSPS) is 11.4. The van der Waals surface area contributed by atoms with Gasteiger partial charge in [-0.15, -0.1) is 0 Å². The van der Waals surface area contributed by atoms with E-state index in [9.17, 15) is 4.57 Å². The Morgan fingerprint density at radius 3 is 1.21 bits per heavy atom. The van der Waals surface area contributed by atoms with Crippen LogP contribution in [-0.2, 0) is 9.09 Å². The number of unbranched alkanes of at least 4 members (excludes halogenated alkanes) is 2. The highest BCUT2D eigenvalue weighted by Gasteiger charge is 2.12. The number of phosphoric acid groups is 1. The highest BCUT2D eigenvalue weighted by atomic mass is 31.2. The summed E-state index contributed by atoms with van der Waals surface area (Å²) >= 11 is 0. The van der Waals surface area contributed by atoms with Crippen LogP contribution in [0, 0.1) is 5.92 Å².